The first-order chi connectivity index (χ1) is 9.35. The Kier molecular flexibility index (Phi) is 4.41. The van der Waals surface area contributed by atoms with Crippen molar-refractivity contribution >= 4 is 5.69 Å². The summed E-state index contributed by atoms with van der Waals surface area (Å²) in [5, 5.41) is 10.6. The van der Waals surface area contributed by atoms with Crippen LogP contribution in [0.3, 0.4) is 0 Å². The Labute approximate surface area is 113 Å². The number of anilines is 1. The molecular weight excluding hydrogens is 234 g/mol. The van der Waals surface area contributed by atoms with E-state index in [1.165, 1.54) is 28.6 Å². The molecule has 0 amide bonds. The Balaban J connectivity index is 0.000000408. The number of nitrogens with zero attached hydrogens (tertiary/aromatic N) is 1. The van der Waals surface area contributed by atoms with Crippen LogP contribution in [-0.2, 0) is 19.4 Å². The maximum Gasteiger partial charge on any atom is 0.173 e. The van der Waals surface area contributed by atoms with E-state index in [-0.39, 0.29) is 0 Å². The van der Waals surface area contributed by atoms with Gasteiger partial charge in [0.25, 0.3) is 0 Å². The van der Waals surface area contributed by atoms with Gasteiger partial charge < -0.3 is 11.1 Å². The normalized spacial score (nSPS) is 12.2. The minimum atomic E-state index is 0.938. The van der Waals surface area contributed by atoms with E-state index < -0.39 is 0 Å². The van der Waals surface area contributed by atoms with Crippen molar-refractivity contribution in [3.05, 3.63) is 65.2 Å². The van der Waals surface area contributed by atoms with Gasteiger partial charge in [0.1, 0.15) is 0 Å². The fraction of sp³-hybridized carbons (Fsp3) is 0.188. The topological polar surface area (TPSA) is 61.8 Å². The lowest BCUT2D eigenvalue weighted by molar-refractivity contribution is 0.911. The van der Waals surface area contributed by atoms with Crippen molar-refractivity contribution in [1.82, 2.24) is 0 Å². The number of nitriles is 1. The lowest BCUT2D eigenvalue weighted by atomic mass is 9.97. The zero-order valence-electron chi connectivity index (χ0n) is 10.8. The molecule has 1 heterocycles. The minimum absolute atomic E-state index is 0.938. The average Bonchev–Trinajstić information content (AvgIpc) is 2.42. The van der Waals surface area contributed by atoms with Crippen LogP contribution in [0.1, 0.15) is 16.7 Å². The van der Waals surface area contributed by atoms with Crippen LogP contribution in [-0.4, -0.2) is 0 Å². The molecule has 0 unspecified atom stereocenters. The predicted octanol–water partition coefficient (Wildman–Crippen LogP) is 2.82. The molecule has 0 saturated heterocycles. The van der Waals surface area contributed by atoms with E-state index in [0.29, 0.717) is 0 Å². The number of rotatable bonds is 0. The number of nitrogens with two attached hydrogens (primary N) is 1. The summed E-state index contributed by atoms with van der Waals surface area (Å²) < 4.78 is 0. The van der Waals surface area contributed by atoms with E-state index in [9.17, 15) is 0 Å². The van der Waals surface area contributed by atoms with Crippen LogP contribution < -0.4 is 11.1 Å². The molecule has 0 aliphatic carbocycles. The molecule has 0 spiro atoms. The number of hydrogen-bond donors (Lipinski definition) is 2. The van der Waals surface area contributed by atoms with Crippen molar-refractivity contribution in [1.29, 1.82) is 5.26 Å². The first kappa shape index (κ1) is 13.0. The van der Waals surface area contributed by atoms with Crippen LogP contribution >= 0.6 is 0 Å². The SMILES string of the molecule is N#CN.c1ccc2c(c1)CCc1ccccc1NC2. The standard InChI is InChI=1S/C15H15N.CH2N2/c1-2-7-14-11-16-15-8-4-3-6-13(15)10-9-12(14)5-1;2-1-3/h1-8,16H,9-11H2;2H2. The zero-order chi connectivity index (χ0) is 13.5. The Morgan fingerprint density at radius 3 is 2.16 bits per heavy atom. The van der Waals surface area contributed by atoms with Crippen molar-refractivity contribution in [3.8, 4) is 6.19 Å². The van der Waals surface area contributed by atoms with Gasteiger partial charge in [-0.2, -0.15) is 5.26 Å². The molecule has 0 saturated carbocycles. The maximum atomic E-state index is 7.10. The number of para-hydroxylation sites is 1. The highest BCUT2D eigenvalue weighted by Crippen LogP contribution is 2.23. The van der Waals surface area contributed by atoms with Gasteiger partial charge in [0.05, 0.1) is 0 Å². The van der Waals surface area contributed by atoms with Crippen LogP contribution in [0.4, 0.5) is 5.69 Å². The van der Waals surface area contributed by atoms with Gasteiger partial charge in [-0.05, 0) is 35.6 Å². The highest BCUT2D eigenvalue weighted by Gasteiger charge is 2.09. The van der Waals surface area contributed by atoms with E-state index in [4.69, 9.17) is 5.26 Å². The summed E-state index contributed by atoms with van der Waals surface area (Å²) in [6, 6.07) is 17.3. The van der Waals surface area contributed by atoms with Gasteiger partial charge in [0.2, 0.25) is 0 Å². The van der Waals surface area contributed by atoms with Gasteiger partial charge in [0, 0.05) is 12.2 Å². The van der Waals surface area contributed by atoms with Crippen molar-refractivity contribution in [2.24, 2.45) is 5.73 Å². The third-order valence-corrected chi connectivity index (χ3v) is 3.27. The molecule has 0 atom stereocenters. The van der Waals surface area contributed by atoms with E-state index in [0.717, 1.165) is 19.4 Å². The second-order valence-electron chi connectivity index (χ2n) is 4.41. The van der Waals surface area contributed by atoms with E-state index in [1.807, 2.05) is 0 Å². The monoisotopic (exact) mass is 251 g/mol. The number of benzene rings is 2. The molecule has 2 aromatic carbocycles. The quantitative estimate of drug-likeness (QED) is 0.559. The van der Waals surface area contributed by atoms with Crippen molar-refractivity contribution < 1.29 is 0 Å². The highest BCUT2D eigenvalue weighted by atomic mass is 14.9. The van der Waals surface area contributed by atoms with Gasteiger partial charge in [-0.25, -0.2) is 0 Å². The van der Waals surface area contributed by atoms with Crippen molar-refractivity contribution in [3.63, 3.8) is 0 Å². The first-order valence-corrected chi connectivity index (χ1v) is 6.33. The van der Waals surface area contributed by atoms with Crippen LogP contribution in [0.2, 0.25) is 0 Å². The van der Waals surface area contributed by atoms with E-state index >= 15 is 0 Å². The summed E-state index contributed by atoms with van der Waals surface area (Å²) in [6.45, 7) is 0.938. The van der Waals surface area contributed by atoms with Crippen LogP contribution in [0.25, 0.3) is 0 Å². The molecule has 2 aromatic rings. The molecule has 0 radical (unpaired) electrons. The average molecular weight is 251 g/mol. The molecule has 1 aliphatic rings. The van der Waals surface area contributed by atoms with Gasteiger partial charge in [-0.3, -0.25) is 0 Å². The van der Waals surface area contributed by atoms with Crippen LogP contribution in [0.15, 0.2) is 48.5 Å². The largest absolute Gasteiger partial charge is 0.381 e. The molecule has 0 bridgehead atoms. The molecule has 0 fully saturated rings. The molecule has 96 valence electrons. The van der Waals surface area contributed by atoms with E-state index in [2.05, 4.69) is 59.6 Å². The number of aryl methyl sites for hydroxylation is 2. The molecule has 0 aromatic heterocycles. The molecule has 3 N–H and O–H groups in total. The Hall–Kier alpha value is -2.47. The summed E-state index contributed by atoms with van der Waals surface area (Å²) in [7, 11) is 0. The zero-order valence-corrected chi connectivity index (χ0v) is 10.8. The molecule has 3 heteroatoms. The predicted molar refractivity (Wildman–Crippen MR) is 77.4 cm³/mol. The molecule has 1 aliphatic heterocycles. The molecule has 3 rings (SSSR count). The third-order valence-electron chi connectivity index (χ3n) is 3.27. The minimum Gasteiger partial charge on any atom is -0.381 e. The summed E-state index contributed by atoms with van der Waals surface area (Å²) in [4.78, 5) is 0. The summed E-state index contributed by atoms with van der Waals surface area (Å²) in [5.41, 5.74) is 9.77. The lowest BCUT2D eigenvalue weighted by Gasteiger charge is -2.18. The Morgan fingerprint density at radius 2 is 1.42 bits per heavy atom. The highest BCUT2D eigenvalue weighted by molar-refractivity contribution is 5.53. The van der Waals surface area contributed by atoms with Gasteiger partial charge in [0.15, 0.2) is 6.19 Å². The third kappa shape index (κ3) is 3.26. The van der Waals surface area contributed by atoms with Gasteiger partial charge in [-0.15, -0.1) is 0 Å². The van der Waals surface area contributed by atoms with Crippen molar-refractivity contribution in [2.45, 2.75) is 19.4 Å². The lowest BCUT2D eigenvalue weighted by Crippen LogP contribution is -2.09. The fourth-order valence-electron chi connectivity index (χ4n) is 2.34. The van der Waals surface area contributed by atoms with Gasteiger partial charge in [-0.1, -0.05) is 42.5 Å². The summed E-state index contributed by atoms with van der Waals surface area (Å²) in [6.07, 6.45) is 3.52. The van der Waals surface area contributed by atoms with Gasteiger partial charge >= 0.3 is 0 Å². The van der Waals surface area contributed by atoms with Crippen LogP contribution in [0.5, 0.6) is 0 Å². The molecule has 3 nitrogen and oxygen atoms in total. The Bertz CT molecular complexity index is 491. The first-order valence-electron chi connectivity index (χ1n) is 6.33. The second kappa shape index (κ2) is 6.46. The Morgan fingerprint density at radius 1 is 0.895 bits per heavy atom. The smallest absolute Gasteiger partial charge is 0.173 e. The second-order valence-corrected chi connectivity index (χ2v) is 4.41. The number of hydrogen-bond acceptors (Lipinski definition) is 3. The number of nitrogens with one attached hydrogen (secondary N) is 1. The van der Waals surface area contributed by atoms with Crippen LogP contribution in [0, 0.1) is 11.5 Å². The molecular formula is C16H17N3. The van der Waals surface area contributed by atoms with E-state index in [1.54, 1.807) is 0 Å². The summed E-state index contributed by atoms with van der Waals surface area (Å²) in [5.74, 6) is 0. The van der Waals surface area contributed by atoms with Crippen molar-refractivity contribution in [2.75, 3.05) is 5.32 Å². The fourth-order valence-corrected chi connectivity index (χ4v) is 2.34. The maximum absolute atomic E-state index is 7.10. The number of fused-ring (bicyclic) bond motifs is 2. The summed E-state index contributed by atoms with van der Waals surface area (Å²) >= 11 is 0. The molecule has 19 heavy (non-hydrogen) atoms.